The maximum atomic E-state index is 11.4. The highest BCUT2D eigenvalue weighted by atomic mass is 16.2. The van der Waals surface area contributed by atoms with Gasteiger partial charge in [0.05, 0.1) is 11.6 Å². The van der Waals surface area contributed by atoms with Crippen molar-refractivity contribution in [3.8, 4) is 6.07 Å². The molecule has 0 radical (unpaired) electrons. The highest BCUT2D eigenvalue weighted by molar-refractivity contribution is 5.90. The van der Waals surface area contributed by atoms with Crippen LogP contribution in [0.5, 0.6) is 0 Å². The number of anilines is 1. The molecule has 0 aliphatic carbocycles. The average Bonchev–Trinajstić information content (AvgIpc) is 2.39. The summed E-state index contributed by atoms with van der Waals surface area (Å²) >= 11 is 0. The molecule has 1 heterocycles. The number of nitrogens with zero attached hydrogens (tertiary/aromatic N) is 2. The molecule has 3 N–H and O–H groups in total. The van der Waals surface area contributed by atoms with Gasteiger partial charge in [0.2, 0.25) is 0 Å². The van der Waals surface area contributed by atoms with Crippen LogP contribution in [0.2, 0.25) is 0 Å². The summed E-state index contributed by atoms with van der Waals surface area (Å²) in [6.07, 6.45) is 0.653. The molecule has 1 aliphatic rings. The van der Waals surface area contributed by atoms with E-state index in [9.17, 15) is 4.79 Å². The Balaban J connectivity index is 2.39. The minimum absolute atomic E-state index is 0.321. The van der Waals surface area contributed by atoms with Gasteiger partial charge in [-0.25, -0.2) is 10.6 Å². The molecule has 76 valence electrons. The number of hydrogen-bond acceptors (Lipinski definition) is 3. The van der Waals surface area contributed by atoms with Crippen LogP contribution in [0.3, 0.4) is 0 Å². The summed E-state index contributed by atoms with van der Waals surface area (Å²) < 4.78 is 0. The van der Waals surface area contributed by atoms with Crippen molar-refractivity contribution in [1.82, 2.24) is 5.01 Å². The number of hydrazine groups is 1. The lowest BCUT2D eigenvalue weighted by atomic mass is 10.1. The minimum atomic E-state index is -0.321. The Hall–Kier alpha value is -2.06. The third-order valence-corrected chi connectivity index (χ3v) is 2.36. The fraction of sp³-hybridized carbons (Fsp3) is 0.200. The van der Waals surface area contributed by atoms with Crippen LogP contribution in [-0.4, -0.2) is 17.6 Å². The van der Waals surface area contributed by atoms with Gasteiger partial charge < -0.3 is 5.32 Å². The summed E-state index contributed by atoms with van der Waals surface area (Å²) in [6.45, 7) is 0.452. The van der Waals surface area contributed by atoms with Gasteiger partial charge in [0.15, 0.2) is 0 Å². The standard InChI is InChI=1S/C10H10N4O/c11-6-7-1-2-9-8(5-7)3-4-14(12)10(15)13-9/h1-2,5H,3-4,12H2,(H,13,15). The Morgan fingerprint density at radius 2 is 2.33 bits per heavy atom. The lowest BCUT2D eigenvalue weighted by molar-refractivity contribution is 0.214. The number of fused-ring (bicyclic) bond motifs is 1. The Bertz CT molecular complexity index is 449. The molecule has 0 bridgehead atoms. The van der Waals surface area contributed by atoms with Crippen molar-refractivity contribution in [2.45, 2.75) is 6.42 Å². The van der Waals surface area contributed by atoms with Crippen LogP contribution in [0.1, 0.15) is 11.1 Å². The van der Waals surface area contributed by atoms with E-state index < -0.39 is 0 Å². The van der Waals surface area contributed by atoms with Gasteiger partial charge in [0, 0.05) is 12.2 Å². The van der Waals surface area contributed by atoms with E-state index in [0.717, 1.165) is 16.3 Å². The first-order chi connectivity index (χ1) is 7.20. The zero-order valence-electron chi connectivity index (χ0n) is 8.03. The van der Waals surface area contributed by atoms with E-state index in [1.807, 2.05) is 0 Å². The highest BCUT2D eigenvalue weighted by Crippen LogP contribution is 2.20. The predicted molar refractivity (Wildman–Crippen MR) is 54.8 cm³/mol. The number of carbonyl (C=O) groups excluding carboxylic acids is 1. The van der Waals surface area contributed by atoms with Crippen LogP contribution in [0.4, 0.5) is 10.5 Å². The van der Waals surface area contributed by atoms with E-state index in [0.29, 0.717) is 18.5 Å². The summed E-state index contributed by atoms with van der Waals surface area (Å²) in [4.78, 5) is 11.4. The summed E-state index contributed by atoms with van der Waals surface area (Å²) in [5, 5.41) is 12.5. The quantitative estimate of drug-likeness (QED) is 0.482. The number of carbonyl (C=O) groups is 1. The Morgan fingerprint density at radius 3 is 3.07 bits per heavy atom. The largest absolute Gasteiger partial charge is 0.335 e. The average molecular weight is 202 g/mol. The van der Waals surface area contributed by atoms with Gasteiger partial charge in [0.1, 0.15) is 0 Å². The van der Waals surface area contributed by atoms with E-state index in [-0.39, 0.29) is 6.03 Å². The fourth-order valence-electron chi connectivity index (χ4n) is 1.52. The Kier molecular flexibility index (Phi) is 2.27. The SMILES string of the molecule is N#Cc1ccc2c(c1)CCN(N)C(=O)N2. The Morgan fingerprint density at radius 1 is 1.53 bits per heavy atom. The first kappa shape index (κ1) is 9.49. The molecule has 15 heavy (non-hydrogen) atoms. The number of amides is 2. The number of benzene rings is 1. The number of urea groups is 1. The van der Waals surface area contributed by atoms with Crippen molar-refractivity contribution < 1.29 is 4.79 Å². The monoisotopic (exact) mass is 202 g/mol. The molecule has 0 spiro atoms. The minimum Gasteiger partial charge on any atom is -0.306 e. The molecule has 0 atom stereocenters. The Labute approximate surface area is 87.1 Å². The molecular formula is C10H10N4O. The summed E-state index contributed by atoms with van der Waals surface area (Å²) in [6, 6.07) is 6.91. The predicted octanol–water partition coefficient (Wildman–Crippen LogP) is 0.822. The highest BCUT2D eigenvalue weighted by Gasteiger charge is 2.17. The molecule has 5 heteroatoms. The summed E-state index contributed by atoms with van der Waals surface area (Å²) in [5.74, 6) is 5.48. The van der Waals surface area contributed by atoms with Crippen LogP contribution in [0.25, 0.3) is 0 Å². The molecule has 5 nitrogen and oxygen atoms in total. The van der Waals surface area contributed by atoms with Crippen molar-refractivity contribution in [2.24, 2.45) is 5.84 Å². The first-order valence-electron chi connectivity index (χ1n) is 4.57. The molecule has 0 aromatic heterocycles. The molecule has 2 amide bonds. The van der Waals surface area contributed by atoms with Gasteiger partial charge in [-0.05, 0) is 30.2 Å². The molecular weight excluding hydrogens is 192 g/mol. The topological polar surface area (TPSA) is 82.2 Å². The third-order valence-electron chi connectivity index (χ3n) is 2.36. The molecule has 1 aromatic rings. The van der Waals surface area contributed by atoms with Crippen LogP contribution in [-0.2, 0) is 6.42 Å². The zero-order chi connectivity index (χ0) is 10.8. The number of hydrogen-bond donors (Lipinski definition) is 2. The molecule has 2 rings (SSSR count). The second-order valence-corrected chi connectivity index (χ2v) is 3.36. The molecule has 0 unspecified atom stereocenters. The smallest absolute Gasteiger partial charge is 0.306 e. The van der Waals surface area contributed by atoms with Crippen molar-refractivity contribution in [1.29, 1.82) is 5.26 Å². The van der Waals surface area contributed by atoms with Gasteiger partial charge in [0.25, 0.3) is 0 Å². The van der Waals surface area contributed by atoms with E-state index in [4.69, 9.17) is 11.1 Å². The van der Waals surface area contributed by atoms with Crippen LogP contribution in [0, 0.1) is 11.3 Å². The normalized spacial score (nSPS) is 14.9. The molecule has 1 aromatic carbocycles. The second-order valence-electron chi connectivity index (χ2n) is 3.36. The maximum absolute atomic E-state index is 11.4. The molecule has 0 saturated heterocycles. The van der Waals surface area contributed by atoms with E-state index in [1.54, 1.807) is 18.2 Å². The number of nitriles is 1. The van der Waals surface area contributed by atoms with E-state index in [1.165, 1.54) is 0 Å². The van der Waals surface area contributed by atoms with Crippen molar-refractivity contribution in [3.05, 3.63) is 29.3 Å². The van der Waals surface area contributed by atoms with Gasteiger partial charge in [-0.1, -0.05) is 0 Å². The van der Waals surface area contributed by atoms with Crippen molar-refractivity contribution in [3.63, 3.8) is 0 Å². The number of nitrogens with two attached hydrogens (primary N) is 1. The first-order valence-corrected chi connectivity index (χ1v) is 4.57. The lowest BCUT2D eigenvalue weighted by Crippen LogP contribution is -2.40. The lowest BCUT2D eigenvalue weighted by Gasteiger charge is -2.11. The summed E-state index contributed by atoms with van der Waals surface area (Å²) in [7, 11) is 0. The fourth-order valence-corrected chi connectivity index (χ4v) is 1.52. The molecule has 0 fully saturated rings. The molecule has 1 aliphatic heterocycles. The van der Waals surface area contributed by atoms with Crippen molar-refractivity contribution in [2.75, 3.05) is 11.9 Å². The zero-order valence-corrected chi connectivity index (χ0v) is 8.03. The molecule has 0 saturated carbocycles. The van der Waals surface area contributed by atoms with Gasteiger partial charge in [-0.15, -0.1) is 0 Å². The van der Waals surface area contributed by atoms with Gasteiger partial charge in [-0.3, -0.25) is 5.01 Å². The summed E-state index contributed by atoms with van der Waals surface area (Å²) in [5.41, 5.74) is 2.26. The third kappa shape index (κ3) is 1.75. The number of rotatable bonds is 0. The maximum Gasteiger partial charge on any atom is 0.335 e. The van der Waals surface area contributed by atoms with E-state index in [2.05, 4.69) is 11.4 Å². The van der Waals surface area contributed by atoms with Crippen molar-refractivity contribution >= 4 is 11.7 Å². The van der Waals surface area contributed by atoms with Gasteiger partial charge in [-0.2, -0.15) is 5.26 Å². The second kappa shape index (κ2) is 3.59. The van der Waals surface area contributed by atoms with Gasteiger partial charge >= 0.3 is 6.03 Å². The van der Waals surface area contributed by atoms with Crippen LogP contribution < -0.4 is 11.2 Å². The van der Waals surface area contributed by atoms with Crippen LogP contribution in [0.15, 0.2) is 18.2 Å². The van der Waals surface area contributed by atoms with Crippen LogP contribution >= 0.6 is 0 Å². The van der Waals surface area contributed by atoms with E-state index >= 15 is 0 Å². The number of nitrogens with one attached hydrogen (secondary N) is 1.